The molecule has 3 heterocycles. The van der Waals surface area contributed by atoms with Gasteiger partial charge in [0.25, 0.3) is 5.91 Å². The normalized spacial score (nSPS) is 19.1. The standard InChI is InChI=1S/C21H27ClN4O3S2/c22-18-7-6-17(16-19(18)31(28,29)26-11-3-1-2-4-12-26)20(27)24-9-5-10-25(14-13-24)21-23-8-15-30-21/h6-8,15-16H,1-5,9-14H2. The van der Waals surface area contributed by atoms with Crippen molar-refractivity contribution in [1.82, 2.24) is 14.2 Å². The van der Waals surface area contributed by atoms with Gasteiger partial charge in [0, 0.05) is 56.4 Å². The van der Waals surface area contributed by atoms with E-state index in [4.69, 9.17) is 11.6 Å². The van der Waals surface area contributed by atoms with Gasteiger partial charge in [0.2, 0.25) is 10.0 Å². The van der Waals surface area contributed by atoms with Crippen LogP contribution in [0.2, 0.25) is 5.02 Å². The molecule has 1 aromatic heterocycles. The minimum atomic E-state index is -3.73. The van der Waals surface area contributed by atoms with Gasteiger partial charge in [-0.3, -0.25) is 4.79 Å². The first-order chi connectivity index (χ1) is 15.0. The zero-order valence-corrected chi connectivity index (χ0v) is 19.8. The van der Waals surface area contributed by atoms with Gasteiger partial charge in [-0.2, -0.15) is 4.31 Å². The molecule has 168 valence electrons. The Hall–Kier alpha value is -1.68. The van der Waals surface area contributed by atoms with Crippen LogP contribution >= 0.6 is 22.9 Å². The quantitative estimate of drug-likeness (QED) is 0.664. The number of halogens is 1. The Morgan fingerprint density at radius 1 is 0.968 bits per heavy atom. The molecular formula is C21H27ClN4O3S2. The molecular weight excluding hydrogens is 456 g/mol. The van der Waals surface area contributed by atoms with Gasteiger partial charge in [-0.1, -0.05) is 24.4 Å². The Balaban J connectivity index is 1.52. The lowest BCUT2D eigenvalue weighted by Crippen LogP contribution is -2.35. The predicted molar refractivity (Wildman–Crippen MR) is 124 cm³/mol. The van der Waals surface area contributed by atoms with Crippen molar-refractivity contribution in [2.45, 2.75) is 37.0 Å². The summed E-state index contributed by atoms with van der Waals surface area (Å²) in [4.78, 5) is 21.6. The van der Waals surface area contributed by atoms with Crippen LogP contribution in [0.3, 0.4) is 0 Å². The van der Waals surface area contributed by atoms with E-state index in [1.807, 2.05) is 5.38 Å². The molecule has 7 nitrogen and oxygen atoms in total. The number of nitrogens with zero attached hydrogens (tertiary/aromatic N) is 4. The molecule has 31 heavy (non-hydrogen) atoms. The van der Waals surface area contributed by atoms with Crippen LogP contribution in [0.15, 0.2) is 34.7 Å². The number of hydrogen-bond acceptors (Lipinski definition) is 6. The van der Waals surface area contributed by atoms with Crippen molar-refractivity contribution in [3.63, 3.8) is 0 Å². The highest BCUT2D eigenvalue weighted by Crippen LogP contribution is 2.28. The van der Waals surface area contributed by atoms with Gasteiger partial charge in [-0.15, -0.1) is 11.3 Å². The van der Waals surface area contributed by atoms with E-state index >= 15 is 0 Å². The van der Waals surface area contributed by atoms with Gasteiger partial charge in [-0.25, -0.2) is 13.4 Å². The molecule has 0 aliphatic carbocycles. The molecule has 1 amide bonds. The van der Waals surface area contributed by atoms with Crippen molar-refractivity contribution in [2.24, 2.45) is 0 Å². The number of thiazole rings is 1. The average molecular weight is 483 g/mol. The van der Waals surface area contributed by atoms with Crippen LogP contribution in [-0.2, 0) is 10.0 Å². The first kappa shape index (κ1) is 22.5. The fraction of sp³-hybridized carbons (Fsp3) is 0.524. The highest BCUT2D eigenvalue weighted by atomic mass is 35.5. The zero-order valence-electron chi connectivity index (χ0n) is 17.4. The molecule has 2 saturated heterocycles. The van der Waals surface area contributed by atoms with E-state index in [0.29, 0.717) is 38.3 Å². The van der Waals surface area contributed by atoms with Gasteiger partial charge in [0.1, 0.15) is 4.90 Å². The number of carbonyl (C=O) groups excluding carboxylic acids is 1. The number of benzene rings is 1. The molecule has 10 heteroatoms. The summed E-state index contributed by atoms with van der Waals surface area (Å²) in [6, 6.07) is 4.60. The van der Waals surface area contributed by atoms with Crippen LogP contribution in [0.1, 0.15) is 42.5 Å². The third-order valence-corrected chi connectivity index (χ3v) is 9.05. The molecule has 1 aromatic carbocycles. The van der Waals surface area contributed by atoms with Crippen LogP contribution in [0.25, 0.3) is 0 Å². The lowest BCUT2D eigenvalue weighted by Gasteiger charge is -2.23. The van der Waals surface area contributed by atoms with Gasteiger partial charge in [0.15, 0.2) is 5.13 Å². The lowest BCUT2D eigenvalue weighted by atomic mass is 10.2. The second-order valence-electron chi connectivity index (χ2n) is 7.91. The molecule has 2 aromatic rings. The monoisotopic (exact) mass is 482 g/mol. The number of anilines is 1. The number of hydrogen-bond donors (Lipinski definition) is 0. The van der Waals surface area contributed by atoms with E-state index in [0.717, 1.165) is 43.8 Å². The van der Waals surface area contributed by atoms with E-state index in [2.05, 4.69) is 9.88 Å². The largest absolute Gasteiger partial charge is 0.346 e. The van der Waals surface area contributed by atoms with E-state index < -0.39 is 10.0 Å². The number of rotatable bonds is 4. The minimum absolute atomic E-state index is 0.0288. The van der Waals surface area contributed by atoms with E-state index in [-0.39, 0.29) is 15.8 Å². The number of sulfonamides is 1. The molecule has 0 atom stereocenters. The summed E-state index contributed by atoms with van der Waals surface area (Å²) in [6.07, 6.45) is 6.37. The van der Waals surface area contributed by atoms with Gasteiger partial charge in [-0.05, 0) is 37.5 Å². The fourth-order valence-corrected chi connectivity index (χ4v) is 6.84. The summed E-state index contributed by atoms with van der Waals surface area (Å²) >= 11 is 7.88. The molecule has 2 aliphatic rings. The molecule has 0 spiro atoms. The summed E-state index contributed by atoms with van der Waals surface area (Å²) in [6.45, 7) is 3.72. The predicted octanol–water partition coefficient (Wildman–Crippen LogP) is 3.71. The summed E-state index contributed by atoms with van der Waals surface area (Å²) < 4.78 is 28.0. The number of amides is 1. The first-order valence-electron chi connectivity index (χ1n) is 10.7. The molecule has 0 saturated carbocycles. The molecule has 2 aliphatic heterocycles. The molecule has 0 radical (unpaired) electrons. The van der Waals surface area contributed by atoms with Crippen molar-refractivity contribution in [3.8, 4) is 0 Å². The number of aromatic nitrogens is 1. The Morgan fingerprint density at radius 2 is 1.74 bits per heavy atom. The third-order valence-electron chi connectivity index (χ3n) is 5.83. The minimum Gasteiger partial charge on any atom is -0.346 e. The zero-order chi connectivity index (χ0) is 21.8. The van der Waals surface area contributed by atoms with Crippen molar-refractivity contribution in [2.75, 3.05) is 44.2 Å². The molecule has 0 unspecified atom stereocenters. The van der Waals surface area contributed by atoms with E-state index in [9.17, 15) is 13.2 Å². The molecule has 0 bridgehead atoms. The fourth-order valence-electron chi connectivity index (χ4n) is 4.12. The van der Waals surface area contributed by atoms with Gasteiger partial charge < -0.3 is 9.80 Å². The second-order valence-corrected chi connectivity index (χ2v) is 11.1. The SMILES string of the molecule is O=C(c1ccc(Cl)c(S(=O)(=O)N2CCCCCC2)c1)N1CCCN(c2nccs2)CC1. The maximum Gasteiger partial charge on any atom is 0.253 e. The Labute approximate surface area is 192 Å². The van der Waals surface area contributed by atoms with Crippen molar-refractivity contribution >= 4 is 44.0 Å². The van der Waals surface area contributed by atoms with Crippen molar-refractivity contribution in [3.05, 3.63) is 40.4 Å². The van der Waals surface area contributed by atoms with Gasteiger partial charge in [0.05, 0.1) is 5.02 Å². The van der Waals surface area contributed by atoms with E-state index in [1.54, 1.807) is 28.5 Å². The molecule has 4 rings (SSSR count). The van der Waals surface area contributed by atoms with Crippen molar-refractivity contribution < 1.29 is 13.2 Å². The average Bonchev–Trinajstić information content (AvgIpc) is 3.01. The lowest BCUT2D eigenvalue weighted by molar-refractivity contribution is 0.0767. The summed E-state index contributed by atoms with van der Waals surface area (Å²) in [7, 11) is -3.73. The maximum atomic E-state index is 13.2. The Morgan fingerprint density at radius 3 is 2.45 bits per heavy atom. The summed E-state index contributed by atoms with van der Waals surface area (Å²) in [5.74, 6) is -0.162. The second kappa shape index (κ2) is 9.85. The topological polar surface area (TPSA) is 73.8 Å². The van der Waals surface area contributed by atoms with Crippen LogP contribution < -0.4 is 4.90 Å². The third kappa shape index (κ3) is 5.05. The van der Waals surface area contributed by atoms with E-state index in [1.165, 1.54) is 16.4 Å². The highest BCUT2D eigenvalue weighted by molar-refractivity contribution is 7.89. The summed E-state index contributed by atoms with van der Waals surface area (Å²) in [5, 5.41) is 3.07. The van der Waals surface area contributed by atoms with Crippen LogP contribution in [0, 0.1) is 0 Å². The smallest absolute Gasteiger partial charge is 0.253 e. The molecule has 0 N–H and O–H groups in total. The van der Waals surface area contributed by atoms with Crippen LogP contribution in [-0.4, -0.2) is 67.8 Å². The maximum absolute atomic E-state index is 13.2. The Bertz CT molecular complexity index is 1010. The number of carbonyl (C=O) groups is 1. The Kier molecular flexibility index (Phi) is 7.15. The van der Waals surface area contributed by atoms with Gasteiger partial charge >= 0.3 is 0 Å². The van der Waals surface area contributed by atoms with Crippen LogP contribution in [0.5, 0.6) is 0 Å². The first-order valence-corrected chi connectivity index (χ1v) is 13.4. The van der Waals surface area contributed by atoms with Crippen LogP contribution in [0.4, 0.5) is 5.13 Å². The highest BCUT2D eigenvalue weighted by Gasteiger charge is 2.29. The van der Waals surface area contributed by atoms with Crippen molar-refractivity contribution in [1.29, 1.82) is 0 Å². The molecule has 2 fully saturated rings. The summed E-state index contributed by atoms with van der Waals surface area (Å²) in [5.41, 5.74) is 0.362.